The van der Waals surface area contributed by atoms with Crippen molar-refractivity contribution in [2.75, 3.05) is 0 Å². The average molecular weight is 142 g/mol. The molecule has 0 aliphatic carbocycles. The molecule has 0 saturated carbocycles. The summed E-state index contributed by atoms with van der Waals surface area (Å²) < 4.78 is 0. The smallest absolute Gasteiger partial charge is 0.307 e. The number of carboxylic acid groups (broad SMARTS) is 1. The first kappa shape index (κ1) is 10.6. The summed E-state index contributed by atoms with van der Waals surface area (Å²) >= 11 is 0. The molecule has 50 valence electrons. The van der Waals surface area contributed by atoms with E-state index in [1.165, 1.54) is 0 Å². The Morgan fingerprint density at radius 2 is 2.12 bits per heavy atom. The lowest BCUT2D eigenvalue weighted by Gasteiger charge is -1.94. The molecule has 5 heteroatoms. The van der Waals surface area contributed by atoms with Crippen LogP contribution >= 0.6 is 12.4 Å². The van der Waals surface area contributed by atoms with Crippen LogP contribution in [0.1, 0.15) is 6.42 Å². The zero-order valence-electron chi connectivity index (χ0n) is 4.07. The fourth-order valence-electron chi connectivity index (χ4n) is 0.179. The second-order valence-corrected chi connectivity index (χ2v) is 1.17. The first-order chi connectivity index (χ1) is 3.13. The zero-order chi connectivity index (χ0) is 5.86. The van der Waals surface area contributed by atoms with Gasteiger partial charge in [0.1, 0.15) is 6.23 Å². The molecule has 0 aliphatic rings. The third-order valence-electron chi connectivity index (χ3n) is 0.384. The number of nitrogens with two attached hydrogens (primary N) is 1. The van der Waals surface area contributed by atoms with Gasteiger partial charge in [-0.15, -0.1) is 12.4 Å². The van der Waals surface area contributed by atoms with Crippen LogP contribution in [0, 0.1) is 0 Å². The van der Waals surface area contributed by atoms with E-state index in [9.17, 15) is 4.79 Å². The Labute approximate surface area is 52.7 Å². The van der Waals surface area contributed by atoms with Crippen LogP contribution in [0.25, 0.3) is 0 Å². The van der Waals surface area contributed by atoms with Crippen molar-refractivity contribution >= 4 is 18.4 Å². The van der Waals surface area contributed by atoms with Crippen LogP contribution in [0.3, 0.4) is 0 Å². The monoisotopic (exact) mass is 141 g/mol. The second kappa shape index (κ2) is 4.83. The first-order valence-corrected chi connectivity index (χ1v) is 1.78. The van der Waals surface area contributed by atoms with Gasteiger partial charge in [-0.1, -0.05) is 0 Å². The molecule has 0 aromatic rings. The molecule has 0 saturated heterocycles. The Bertz CT molecular complexity index is 74.9. The summed E-state index contributed by atoms with van der Waals surface area (Å²) in [6, 6.07) is 0. The molecular weight excluding hydrogens is 133 g/mol. The third kappa shape index (κ3) is 9.19. The molecule has 0 bridgehead atoms. The van der Waals surface area contributed by atoms with E-state index in [4.69, 9.17) is 10.2 Å². The highest BCUT2D eigenvalue weighted by atomic mass is 35.5. The number of aliphatic hydroxyl groups is 1. The number of aliphatic hydroxyl groups excluding tert-OH is 1. The van der Waals surface area contributed by atoms with Gasteiger partial charge >= 0.3 is 5.97 Å². The van der Waals surface area contributed by atoms with Crippen molar-refractivity contribution < 1.29 is 15.0 Å². The highest BCUT2D eigenvalue weighted by molar-refractivity contribution is 5.85. The van der Waals surface area contributed by atoms with Crippen molar-refractivity contribution in [2.45, 2.75) is 12.6 Å². The van der Waals surface area contributed by atoms with Crippen molar-refractivity contribution in [1.82, 2.24) is 0 Å². The summed E-state index contributed by atoms with van der Waals surface area (Å²) in [7, 11) is 0. The van der Waals surface area contributed by atoms with Crippen molar-refractivity contribution in [3.05, 3.63) is 0 Å². The fourth-order valence-corrected chi connectivity index (χ4v) is 0.179. The molecule has 1 atom stereocenters. The third-order valence-corrected chi connectivity index (χ3v) is 0.384. The molecule has 1 unspecified atom stereocenters. The summed E-state index contributed by atoms with van der Waals surface area (Å²) in [5.74, 6) is -1.09. The van der Waals surface area contributed by atoms with E-state index in [0.29, 0.717) is 0 Å². The molecule has 0 spiro atoms. The minimum Gasteiger partial charge on any atom is -0.481 e. The maximum Gasteiger partial charge on any atom is 0.307 e. The Morgan fingerprint density at radius 1 is 1.75 bits per heavy atom. The molecule has 4 N–H and O–H groups in total. The predicted molar refractivity (Wildman–Crippen MR) is 29.7 cm³/mol. The lowest BCUT2D eigenvalue weighted by atomic mass is 10.4. The van der Waals surface area contributed by atoms with Crippen LogP contribution < -0.4 is 5.73 Å². The Hall–Kier alpha value is -0.320. The van der Waals surface area contributed by atoms with Gasteiger partial charge < -0.3 is 15.9 Å². The van der Waals surface area contributed by atoms with E-state index in [1.807, 2.05) is 0 Å². The van der Waals surface area contributed by atoms with Crippen molar-refractivity contribution in [2.24, 2.45) is 5.73 Å². The van der Waals surface area contributed by atoms with E-state index in [-0.39, 0.29) is 18.8 Å². The second-order valence-electron chi connectivity index (χ2n) is 1.17. The molecule has 4 nitrogen and oxygen atoms in total. The number of hydrogen-bond acceptors (Lipinski definition) is 3. The molecule has 0 radical (unpaired) electrons. The number of carboxylic acids is 1. The normalized spacial score (nSPS) is 11.8. The molecule has 0 aliphatic heterocycles. The molecule has 0 aromatic carbocycles. The lowest BCUT2D eigenvalue weighted by Crippen LogP contribution is -2.22. The standard InChI is InChI=1S/C3H7NO3.ClH/c4-2(5)1-3(6)7;/h2,5H,1,4H2,(H,6,7);1H. The van der Waals surface area contributed by atoms with Gasteiger partial charge in [0.15, 0.2) is 0 Å². The summed E-state index contributed by atoms with van der Waals surface area (Å²) in [6.45, 7) is 0. The number of halogens is 1. The summed E-state index contributed by atoms with van der Waals surface area (Å²) in [4.78, 5) is 9.57. The lowest BCUT2D eigenvalue weighted by molar-refractivity contribution is -0.139. The van der Waals surface area contributed by atoms with Gasteiger partial charge in [-0.2, -0.15) is 0 Å². The Balaban J connectivity index is 0. The van der Waals surface area contributed by atoms with Crippen LogP contribution in [0.15, 0.2) is 0 Å². The Morgan fingerprint density at radius 3 is 2.12 bits per heavy atom. The van der Waals surface area contributed by atoms with E-state index in [2.05, 4.69) is 5.73 Å². The van der Waals surface area contributed by atoms with Crippen LogP contribution in [-0.4, -0.2) is 22.4 Å². The Kier molecular flexibility index (Phi) is 6.41. The summed E-state index contributed by atoms with van der Waals surface area (Å²) in [5, 5.41) is 16.0. The van der Waals surface area contributed by atoms with Gasteiger partial charge in [0, 0.05) is 0 Å². The molecular formula is C3H8ClNO3. The molecule has 0 rings (SSSR count). The highest BCUT2D eigenvalue weighted by Gasteiger charge is 2.00. The molecule has 0 aromatic heterocycles. The zero-order valence-corrected chi connectivity index (χ0v) is 4.89. The van der Waals surface area contributed by atoms with Crippen molar-refractivity contribution in [3.8, 4) is 0 Å². The maximum atomic E-state index is 9.57. The van der Waals surface area contributed by atoms with Gasteiger partial charge in [0.25, 0.3) is 0 Å². The van der Waals surface area contributed by atoms with Gasteiger partial charge in [-0.25, -0.2) is 0 Å². The van der Waals surface area contributed by atoms with Crippen LogP contribution in [0.5, 0.6) is 0 Å². The van der Waals surface area contributed by atoms with Gasteiger partial charge in [0.05, 0.1) is 6.42 Å². The van der Waals surface area contributed by atoms with E-state index in [1.54, 1.807) is 0 Å². The van der Waals surface area contributed by atoms with Gasteiger partial charge in [-0.05, 0) is 0 Å². The first-order valence-electron chi connectivity index (χ1n) is 1.78. The maximum absolute atomic E-state index is 9.57. The minimum absolute atomic E-state index is 0. The number of carbonyl (C=O) groups is 1. The largest absolute Gasteiger partial charge is 0.481 e. The average Bonchev–Trinajstić information content (AvgIpc) is 1.27. The number of rotatable bonds is 2. The van der Waals surface area contributed by atoms with Gasteiger partial charge in [0.2, 0.25) is 0 Å². The highest BCUT2D eigenvalue weighted by Crippen LogP contribution is 1.78. The summed E-state index contributed by atoms with van der Waals surface area (Å²) in [5.41, 5.74) is 4.67. The van der Waals surface area contributed by atoms with Crippen LogP contribution in [0.2, 0.25) is 0 Å². The molecule has 8 heavy (non-hydrogen) atoms. The van der Waals surface area contributed by atoms with Crippen molar-refractivity contribution in [1.29, 1.82) is 0 Å². The van der Waals surface area contributed by atoms with Gasteiger partial charge in [-0.3, -0.25) is 4.79 Å². The summed E-state index contributed by atoms with van der Waals surface area (Å²) in [6.07, 6.45) is -1.61. The van der Waals surface area contributed by atoms with E-state index < -0.39 is 12.2 Å². The fraction of sp³-hybridized carbons (Fsp3) is 0.667. The van der Waals surface area contributed by atoms with E-state index in [0.717, 1.165) is 0 Å². The molecule has 0 amide bonds. The molecule has 0 heterocycles. The SMILES string of the molecule is Cl.NC(O)CC(=O)O. The van der Waals surface area contributed by atoms with Crippen molar-refractivity contribution in [3.63, 3.8) is 0 Å². The molecule has 0 fully saturated rings. The van der Waals surface area contributed by atoms with E-state index >= 15 is 0 Å². The predicted octanol–water partition coefficient (Wildman–Crippen LogP) is -0.840. The van der Waals surface area contributed by atoms with Crippen LogP contribution in [0.4, 0.5) is 0 Å². The quantitative estimate of drug-likeness (QED) is 0.438. The van der Waals surface area contributed by atoms with Crippen LogP contribution in [-0.2, 0) is 4.79 Å². The minimum atomic E-state index is -1.22. The number of aliphatic carboxylic acids is 1. The topological polar surface area (TPSA) is 83.5 Å². The number of hydrogen-bond donors (Lipinski definition) is 3.